The molecule has 0 heterocycles. The summed E-state index contributed by atoms with van der Waals surface area (Å²) < 4.78 is 6.01. The van der Waals surface area contributed by atoms with Crippen molar-refractivity contribution < 1.29 is 9.53 Å². The van der Waals surface area contributed by atoms with Gasteiger partial charge >= 0.3 is 5.97 Å². The lowest BCUT2D eigenvalue weighted by molar-refractivity contribution is -0.146. The number of carbonyl (C=O) groups is 1. The van der Waals surface area contributed by atoms with Gasteiger partial charge in [0.2, 0.25) is 0 Å². The number of esters is 1. The molecule has 0 aliphatic heterocycles. The standard InChI is InChI=1S/C59H70N3O2/c1-9-39-61(57-42(11-3)21-19-22-43(57)12-4)48-33-29-46(30-34-48)56(47-31-35-49(36-32-47)62(40-10-2)58-44(13-5)23-20-24-45(58)14-6)52-37-38-53(51-26-16-15-25-50(51)52)60-54-27-17-18-28-55(54)64-59(63)41(7)8/h15-16,19-26,29-38,54-55,60H,7,9-14,17-18,27-28,39-40H2,1-6,8H3/q+1. The Morgan fingerprint density at radius 1 is 0.609 bits per heavy atom. The summed E-state index contributed by atoms with van der Waals surface area (Å²) in [5, 5.41) is 6.19. The maximum Gasteiger partial charge on any atom is 0.333 e. The molecule has 2 unspecified atom stereocenters. The second kappa shape index (κ2) is 21.6. The van der Waals surface area contributed by atoms with Crippen molar-refractivity contribution in [3.63, 3.8) is 0 Å². The summed E-state index contributed by atoms with van der Waals surface area (Å²) in [7, 11) is 0. The number of ether oxygens (including phenoxy) is 1. The van der Waals surface area contributed by atoms with E-state index in [1.807, 2.05) is 0 Å². The largest absolute Gasteiger partial charge is 0.457 e. The molecule has 0 saturated heterocycles. The van der Waals surface area contributed by atoms with Gasteiger partial charge in [-0.2, -0.15) is 0 Å². The number of aryl methyl sites for hydroxylation is 4. The van der Waals surface area contributed by atoms with Crippen molar-refractivity contribution >= 4 is 45.2 Å². The van der Waals surface area contributed by atoms with Crippen LogP contribution in [0.5, 0.6) is 0 Å². The molecule has 1 saturated carbocycles. The first-order valence-corrected chi connectivity index (χ1v) is 24.2. The van der Waals surface area contributed by atoms with E-state index in [0.29, 0.717) is 5.57 Å². The lowest BCUT2D eigenvalue weighted by Gasteiger charge is -2.33. The van der Waals surface area contributed by atoms with Gasteiger partial charge in [-0.1, -0.05) is 103 Å². The van der Waals surface area contributed by atoms with Crippen molar-refractivity contribution in [1.29, 1.82) is 0 Å². The molecule has 0 aromatic heterocycles. The average molecular weight is 853 g/mol. The quantitative estimate of drug-likeness (QED) is 0.0381. The van der Waals surface area contributed by atoms with E-state index in [1.54, 1.807) is 6.92 Å². The molecular formula is C59H70N3O2+. The van der Waals surface area contributed by atoms with Crippen molar-refractivity contribution in [2.45, 2.75) is 125 Å². The average Bonchev–Trinajstić information content (AvgIpc) is 3.33. The second-order valence-electron chi connectivity index (χ2n) is 17.5. The molecule has 332 valence electrons. The van der Waals surface area contributed by atoms with E-state index in [0.717, 1.165) is 88.4 Å². The molecule has 0 radical (unpaired) electrons. The fraction of sp³-hybridized carbons (Fsp3) is 0.356. The van der Waals surface area contributed by atoms with Gasteiger partial charge in [-0.3, -0.25) is 0 Å². The van der Waals surface area contributed by atoms with Gasteiger partial charge in [-0.05, 0) is 160 Å². The topological polar surface area (TPSA) is 44.8 Å². The van der Waals surface area contributed by atoms with Crippen molar-refractivity contribution in [3.8, 4) is 0 Å². The van der Waals surface area contributed by atoms with Gasteiger partial charge < -0.3 is 19.9 Å². The van der Waals surface area contributed by atoms with E-state index in [-0.39, 0.29) is 18.1 Å². The van der Waals surface area contributed by atoms with Crippen LogP contribution >= 0.6 is 0 Å². The number of para-hydroxylation sites is 2. The molecule has 5 nitrogen and oxygen atoms in total. The molecule has 0 bridgehead atoms. The van der Waals surface area contributed by atoms with Crippen LogP contribution in [0.3, 0.4) is 0 Å². The Bertz CT molecular complexity index is 2350. The number of benzene rings is 6. The lowest BCUT2D eigenvalue weighted by atomic mass is 9.82. The Balaban J connectivity index is 1.34. The van der Waals surface area contributed by atoms with Gasteiger partial charge in [0.15, 0.2) is 0 Å². The zero-order valence-electron chi connectivity index (χ0n) is 39.6. The predicted molar refractivity (Wildman–Crippen MR) is 273 cm³/mol. The monoisotopic (exact) mass is 853 g/mol. The molecule has 64 heavy (non-hydrogen) atoms. The molecule has 1 N–H and O–H groups in total. The normalized spacial score (nSPS) is 14.9. The van der Waals surface area contributed by atoms with Crippen LogP contribution in [0.2, 0.25) is 0 Å². The first-order chi connectivity index (χ1) is 31.2. The van der Waals surface area contributed by atoms with Gasteiger partial charge in [-0.25, -0.2) is 4.79 Å². The Morgan fingerprint density at radius 3 is 1.53 bits per heavy atom. The lowest BCUT2D eigenvalue weighted by Crippen LogP contribution is -2.40. The molecule has 0 spiro atoms. The highest BCUT2D eigenvalue weighted by atomic mass is 16.5. The van der Waals surface area contributed by atoms with Crippen molar-refractivity contribution in [3.05, 3.63) is 178 Å². The first-order valence-electron chi connectivity index (χ1n) is 24.2. The molecule has 1 aliphatic carbocycles. The Morgan fingerprint density at radius 2 is 1.08 bits per heavy atom. The number of nitrogens with zero attached hydrogens (tertiary/aromatic N) is 2. The first kappa shape index (κ1) is 46.1. The van der Waals surface area contributed by atoms with Gasteiger partial charge in [0.05, 0.1) is 45.7 Å². The van der Waals surface area contributed by atoms with Crippen LogP contribution in [0, 0.1) is 5.92 Å². The van der Waals surface area contributed by atoms with Crippen molar-refractivity contribution in [2.75, 3.05) is 28.2 Å². The molecule has 6 aromatic rings. The summed E-state index contributed by atoms with van der Waals surface area (Å²) in [5.41, 5.74) is 15.7. The Labute approximate surface area is 384 Å². The molecule has 0 amide bonds. The number of hydrogen-bond acceptors (Lipinski definition) is 5. The zero-order chi connectivity index (χ0) is 45.2. The molecule has 5 heteroatoms. The predicted octanol–water partition coefficient (Wildman–Crippen LogP) is 15.0. The van der Waals surface area contributed by atoms with E-state index >= 15 is 0 Å². The SMILES string of the molecule is C=C(C)C(=O)OC1CCCCC1Nc1ccc([C+](c2ccc(N(CCC)c3c(CC)cccc3CC)cc2)c2ccc(N(CCC)c3c(CC)cccc3CC)cc2)c2ccccc12. The van der Waals surface area contributed by atoms with Crippen molar-refractivity contribution in [1.82, 2.24) is 0 Å². The second-order valence-corrected chi connectivity index (χ2v) is 17.5. The number of nitrogens with one attached hydrogen (secondary N) is 1. The minimum atomic E-state index is -0.313. The minimum Gasteiger partial charge on any atom is -0.457 e. The zero-order valence-corrected chi connectivity index (χ0v) is 39.6. The van der Waals surface area contributed by atoms with Crippen LogP contribution in [0.4, 0.5) is 28.4 Å². The van der Waals surface area contributed by atoms with E-state index in [4.69, 9.17) is 4.74 Å². The summed E-state index contributed by atoms with van der Waals surface area (Å²) in [6.45, 7) is 21.1. The van der Waals surface area contributed by atoms with Crippen LogP contribution in [0.25, 0.3) is 10.8 Å². The summed E-state index contributed by atoms with van der Waals surface area (Å²) in [6.07, 6.45) is 9.80. The van der Waals surface area contributed by atoms with Crippen molar-refractivity contribution in [2.24, 2.45) is 0 Å². The maximum absolute atomic E-state index is 12.7. The highest BCUT2D eigenvalue weighted by Crippen LogP contribution is 2.42. The third kappa shape index (κ3) is 9.89. The van der Waals surface area contributed by atoms with Gasteiger partial charge in [0, 0.05) is 40.8 Å². The van der Waals surface area contributed by atoms with E-state index < -0.39 is 0 Å². The molecular weight excluding hydrogens is 783 g/mol. The minimum absolute atomic E-state index is 0.0177. The van der Waals surface area contributed by atoms with Gasteiger partial charge in [0.25, 0.3) is 0 Å². The van der Waals surface area contributed by atoms with E-state index in [9.17, 15) is 4.79 Å². The number of hydrogen-bond donors (Lipinski definition) is 1. The summed E-state index contributed by atoms with van der Waals surface area (Å²) in [5.74, 6) is 0.883. The number of rotatable bonds is 19. The molecule has 6 aromatic carbocycles. The highest BCUT2D eigenvalue weighted by Gasteiger charge is 2.31. The molecule has 1 aliphatic rings. The van der Waals surface area contributed by atoms with E-state index in [2.05, 4.69) is 185 Å². The third-order valence-electron chi connectivity index (χ3n) is 13.1. The summed E-state index contributed by atoms with van der Waals surface area (Å²) in [6, 6.07) is 45.5. The number of carbonyl (C=O) groups excluding carboxylic acids is 1. The highest BCUT2D eigenvalue weighted by molar-refractivity contribution is 5.98. The number of fused-ring (bicyclic) bond motifs is 1. The van der Waals surface area contributed by atoms with Crippen LogP contribution in [0.15, 0.2) is 133 Å². The maximum atomic E-state index is 12.7. The Hall–Kier alpha value is -5.94. The molecule has 1 fully saturated rings. The van der Waals surface area contributed by atoms with Crippen LogP contribution in [-0.2, 0) is 35.2 Å². The van der Waals surface area contributed by atoms with Gasteiger partial charge in [0.1, 0.15) is 6.10 Å². The fourth-order valence-corrected chi connectivity index (χ4v) is 9.89. The van der Waals surface area contributed by atoms with Crippen LogP contribution < -0.4 is 15.1 Å². The Kier molecular flexibility index (Phi) is 15.6. The summed E-state index contributed by atoms with van der Waals surface area (Å²) >= 11 is 0. The van der Waals surface area contributed by atoms with E-state index in [1.165, 1.54) is 73.0 Å². The fourth-order valence-electron chi connectivity index (χ4n) is 9.89. The molecule has 2 atom stereocenters. The smallest absolute Gasteiger partial charge is 0.333 e. The number of anilines is 5. The summed E-state index contributed by atoms with van der Waals surface area (Å²) in [4.78, 5) is 17.8. The van der Waals surface area contributed by atoms with Crippen LogP contribution in [0.1, 0.15) is 126 Å². The van der Waals surface area contributed by atoms with Gasteiger partial charge in [-0.15, -0.1) is 0 Å². The third-order valence-corrected chi connectivity index (χ3v) is 13.1. The van der Waals surface area contributed by atoms with Crippen LogP contribution in [-0.4, -0.2) is 31.2 Å². The molecule has 7 rings (SSSR count).